The van der Waals surface area contributed by atoms with Crippen molar-refractivity contribution in [3.05, 3.63) is 22.4 Å². The molecule has 1 aromatic rings. The van der Waals surface area contributed by atoms with Crippen molar-refractivity contribution in [1.29, 1.82) is 0 Å². The van der Waals surface area contributed by atoms with Gasteiger partial charge in [0, 0.05) is 19.1 Å². The number of rotatable bonds is 1. The molecule has 4 heteroatoms. The van der Waals surface area contributed by atoms with Gasteiger partial charge in [0.05, 0.1) is 4.88 Å². The number of amides is 1. The molecule has 0 saturated carbocycles. The van der Waals surface area contributed by atoms with Crippen LogP contribution < -0.4 is 5.32 Å². The number of hydrogen-bond donors (Lipinski definition) is 1. The second kappa shape index (κ2) is 4.77. The summed E-state index contributed by atoms with van der Waals surface area (Å²) in [5.74, 6) is 0.181. The minimum atomic E-state index is 0.181. The summed E-state index contributed by atoms with van der Waals surface area (Å²) in [5.41, 5.74) is 0. The average molecular weight is 224 g/mol. The van der Waals surface area contributed by atoms with E-state index in [4.69, 9.17) is 0 Å². The smallest absolute Gasteiger partial charge is 0.263 e. The summed E-state index contributed by atoms with van der Waals surface area (Å²) < 4.78 is 0. The molecule has 2 rings (SSSR count). The van der Waals surface area contributed by atoms with E-state index in [2.05, 4.69) is 12.2 Å². The van der Waals surface area contributed by atoms with Crippen LogP contribution in [0.15, 0.2) is 17.5 Å². The molecule has 0 bridgehead atoms. The molecule has 1 aliphatic rings. The fourth-order valence-corrected chi connectivity index (χ4v) is 2.54. The van der Waals surface area contributed by atoms with Crippen LogP contribution in [0.1, 0.15) is 23.0 Å². The van der Waals surface area contributed by atoms with Gasteiger partial charge in [-0.15, -0.1) is 11.3 Å². The van der Waals surface area contributed by atoms with Crippen LogP contribution in [0.3, 0.4) is 0 Å². The lowest BCUT2D eigenvalue weighted by molar-refractivity contribution is 0.0760. The predicted molar refractivity (Wildman–Crippen MR) is 62.3 cm³/mol. The van der Waals surface area contributed by atoms with Gasteiger partial charge < -0.3 is 10.2 Å². The Morgan fingerprint density at radius 2 is 2.53 bits per heavy atom. The summed E-state index contributed by atoms with van der Waals surface area (Å²) in [5, 5.41) is 5.34. The van der Waals surface area contributed by atoms with Crippen LogP contribution in [-0.2, 0) is 0 Å². The summed E-state index contributed by atoms with van der Waals surface area (Å²) in [6.07, 6.45) is 1.04. The summed E-state index contributed by atoms with van der Waals surface area (Å²) in [6.45, 7) is 4.82. The van der Waals surface area contributed by atoms with Gasteiger partial charge in [0.15, 0.2) is 0 Å². The number of nitrogens with one attached hydrogen (secondary N) is 1. The summed E-state index contributed by atoms with van der Waals surface area (Å²) in [6, 6.07) is 4.23. The molecule has 3 nitrogen and oxygen atoms in total. The summed E-state index contributed by atoms with van der Waals surface area (Å²) in [4.78, 5) is 14.9. The van der Waals surface area contributed by atoms with Gasteiger partial charge in [0.2, 0.25) is 0 Å². The highest BCUT2D eigenvalue weighted by atomic mass is 32.1. The maximum Gasteiger partial charge on any atom is 0.263 e. The van der Waals surface area contributed by atoms with Crippen molar-refractivity contribution in [2.24, 2.45) is 0 Å². The Balaban J connectivity index is 2.06. The molecule has 15 heavy (non-hydrogen) atoms. The molecular formula is C11H16N2OS. The second-order valence-electron chi connectivity index (χ2n) is 3.94. The lowest BCUT2D eigenvalue weighted by Gasteiger charge is -2.21. The standard InChI is InChI=1S/C11H16N2OS/c1-9-8-13(6-3-5-12-9)11(14)10-4-2-7-15-10/h2,4,7,9,12H,3,5-6,8H2,1H3. The maximum atomic E-state index is 12.1. The zero-order chi connectivity index (χ0) is 10.7. The molecule has 1 amide bonds. The lowest BCUT2D eigenvalue weighted by atomic mass is 10.3. The van der Waals surface area contributed by atoms with E-state index in [1.54, 1.807) is 0 Å². The molecule has 0 radical (unpaired) electrons. The van der Waals surface area contributed by atoms with E-state index in [0.717, 1.165) is 30.9 Å². The predicted octanol–water partition coefficient (Wildman–Crippen LogP) is 1.57. The lowest BCUT2D eigenvalue weighted by Crippen LogP contribution is -2.38. The number of nitrogens with zero attached hydrogens (tertiary/aromatic N) is 1. The Morgan fingerprint density at radius 3 is 3.27 bits per heavy atom. The Kier molecular flexibility index (Phi) is 3.38. The molecule has 1 fully saturated rings. The quantitative estimate of drug-likeness (QED) is 0.785. The molecule has 1 aliphatic heterocycles. The zero-order valence-electron chi connectivity index (χ0n) is 8.90. The first-order valence-electron chi connectivity index (χ1n) is 5.33. The van der Waals surface area contributed by atoms with E-state index in [-0.39, 0.29) is 5.91 Å². The van der Waals surface area contributed by atoms with Crippen molar-refractivity contribution in [1.82, 2.24) is 10.2 Å². The van der Waals surface area contributed by atoms with Crippen LogP contribution >= 0.6 is 11.3 Å². The fourth-order valence-electron chi connectivity index (χ4n) is 1.85. The first-order valence-corrected chi connectivity index (χ1v) is 6.21. The second-order valence-corrected chi connectivity index (χ2v) is 4.88. The van der Waals surface area contributed by atoms with Crippen LogP contribution in [-0.4, -0.2) is 36.5 Å². The van der Waals surface area contributed by atoms with Gasteiger partial charge in [-0.05, 0) is 31.3 Å². The molecule has 1 saturated heterocycles. The minimum Gasteiger partial charge on any atom is -0.336 e. The van der Waals surface area contributed by atoms with Crippen LogP contribution in [0, 0.1) is 0 Å². The Hall–Kier alpha value is -0.870. The minimum absolute atomic E-state index is 0.181. The van der Waals surface area contributed by atoms with Crippen molar-refractivity contribution in [2.45, 2.75) is 19.4 Å². The van der Waals surface area contributed by atoms with E-state index in [1.165, 1.54) is 11.3 Å². The number of carbonyl (C=O) groups is 1. The average Bonchev–Trinajstić information content (AvgIpc) is 2.67. The molecule has 82 valence electrons. The third-order valence-corrected chi connectivity index (χ3v) is 3.47. The van der Waals surface area contributed by atoms with Gasteiger partial charge in [-0.25, -0.2) is 0 Å². The van der Waals surface area contributed by atoms with Crippen molar-refractivity contribution in [3.8, 4) is 0 Å². The van der Waals surface area contributed by atoms with E-state index in [0.29, 0.717) is 6.04 Å². The summed E-state index contributed by atoms with van der Waals surface area (Å²) >= 11 is 1.52. The molecule has 1 atom stereocenters. The molecule has 1 N–H and O–H groups in total. The number of hydrogen-bond acceptors (Lipinski definition) is 3. The Labute approximate surface area is 94.1 Å². The van der Waals surface area contributed by atoms with E-state index < -0.39 is 0 Å². The van der Waals surface area contributed by atoms with E-state index >= 15 is 0 Å². The van der Waals surface area contributed by atoms with Gasteiger partial charge in [0.1, 0.15) is 0 Å². The van der Waals surface area contributed by atoms with Crippen molar-refractivity contribution in [3.63, 3.8) is 0 Å². The van der Waals surface area contributed by atoms with Crippen LogP contribution in [0.25, 0.3) is 0 Å². The SMILES string of the molecule is CC1CN(C(=O)c2cccs2)CCCN1. The van der Waals surface area contributed by atoms with Crippen molar-refractivity contribution in [2.75, 3.05) is 19.6 Å². The largest absolute Gasteiger partial charge is 0.336 e. The van der Waals surface area contributed by atoms with Gasteiger partial charge in [-0.1, -0.05) is 6.07 Å². The fraction of sp³-hybridized carbons (Fsp3) is 0.545. The molecule has 1 unspecified atom stereocenters. The van der Waals surface area contributed by atoms with Crippen LogP contribution in [0.2, 0.25) is 0 Å². The third kappa shape index (κ3) is 2.58. The molecule has 0 aliphatic carbocycles. The van der Waals surface area contributed by atoms with Crippen LogP contribution in [0.5, 0.6) is 0 Å². The topological polar surface area (TPSA) is 32.3 Å². The number of carbonyl (C=O) groups excluding carboxylic acids is 1. The Bertz CT molecular complexity index is 323. The molecule has 0 aromatic carbocycles. The monoisotopic (exact) mass is 224 g/mol. The first kappa shape index (κ1) is 10.6. The van der Waals surface area contributed by atoms with Crippen molar-refractivity contribution >= 4 is 17.2 Å². The van der Waals surface area contributed by atoms with Gasteiger partial charge >= 0.3 is 0 Å². The molecule has 0 spiro atoms. The zero-order valence-corrected chi connectivity index (χ0v) is 9.72. The Morgan fingerprint density at radius 1 is 1.67 bits per heavy atom. The van der Waals surface area contributed by atoms with E-state index in [1.807, 2.05) is 22.4 Å². The first-order chi connectivity index (χ1) is 7.27. The van der Waals surface area contributed by atoms with Crippen molar-refractivity contribution < 1.29 is 4.79 Å². The van der Waals surface area contributed by atoms with Gasteiger partial charge in [-0.3, -0.25) is 4.79 Å². The molecule has 1 aromatic heterocycles. The van der Waals surface area contributed by atoms with Gasteiger partial charge in [-0.2, -0.15) is 0 Å². The molecule has 2 heterocycles. The van der Waals surface area contributed by atoms with Gasteiger partial charge in [0.25, 0.3) is 5.91 Å². The highest BCUT2D eigenvalue weighted by molar-refractivity contribution is 7.12. The highest BCUT2D eigenvalue weighted by Crippen LogP contribution is 2.13. The number of thiophene rings is 1. The van der Waals surface area contributed by atoms with Crippen LogP contribution in [0.4, 0.5) is 0 Å². The molecular weight excluding hydrogens is 208 g/mol. The normalized spacial score (nSPS) is 22.5. The third-order valence-electron chi connectivity index (χ3n) is 2.61. The van der Waals surface area contributed by atoms with E-state index in [9.17, 15) is 4.79 Å². The maximum absolute atomic E-state index is 12.1. The highest BCUT2D eigenvalue weighted by Gasteiger charge is 2.20. The summed E-state index contributed by atoms with van der Waals surface area (Å²) in [7, 11) is 0.